The van der Waals surface area contributed by atoms with Crippen LogP contribution >= 0.6 is 0 Å². The maximum Gasteiger partial charge on any atom is 0.328 e. The normalized spacial score (nSPS) is 12.9. The van der Waals surface area contributed by atoms with Crippen molar-refractivity contribution in [2.24, 2.45) is 0 Å². The lowest BCUT2D eigenvalue weighted by Gasteiger charge is -2.30. The molecule has 0 aliphatic carbocycles. The number of unbranched alkanes of at least 4 members (excludes halogenated alkanes) is 1. The van der Waals surface area contributed by atoms with Gasteiger partial charge in [0.05, 0.1) is 6.61 Å². The fourth-order valence-electron chi connectivity index (χ4n) is 3.64. The van der Waals surface area contributed by atoms with Gasteiger partial charge in [0.15, 0.2) is 0 Å². The second kappa shape index (κ2) is 10.9. The average molecular weight is 449 g/mol. The van der Waals surface area contributed by atoms with E-state index in [-0.39, 0.29) is 10.8 Å². The maximum absolute atomic E-state index is 11.0. The maximum atomic E-state index is 11.0. The summed E-state index contributed by atoms with van der Waals surface area (Å²) in [5.74, 6) is 0.00680. The molecule has 3 nitrogen and oxygen atoms in total. The number of carbonyl (C=O) groups is 1. The highest BCUT2D eigenvalue weighted by atomic mass is 16.5. The Kier molecular flexibility index (Phi) is 8.71. The van der Waals surface area contributed by atoms with Crippen LogP contribution in [0.2, 0.25) is 0 Å². The Bertz CT molecular complexity index is 1030. The van der Waals surface area contributed by atoms with Gasteiger partial charge in [0.1, 0.15) is 5.75 Å². The smallest absolute Gasteiger partial charge is 0.328 e. The fraction of sp³-hybridized carbons (Fsp3) is 0.433. The largest absolute Gasteiger partial charge is 0.493 e. The quantitative estimate of drug-likeness (QED) is 0.252. The third-order valence-electron chi connectivity index (χ3n) is 5.64. The highest BCUT2D eigenvalue weighted by Gasteiger charge is 2.27. The van der Waals surface area contributed by atoms with Crippen LogP contribution in [0.25, 0.3) is 17.2 Å². The third kappa shape index (κ3) is 7.35. The molecular weight excluding hydrogens is 408 g/mol. The van der Waals surface area contributed by atoms with E-state index in [1.807, 2.05) is 24.3 Å². The average Bonchev–Trinajstić information content (AvgIpc) is 2.70. The minimum atomic E-state index is -0.940. The summed E-state index contributed by atoms with van der Waals surface area (Å²) in [5, 5.41) is 9.04. The molecule has 0 radical (unpaired) electrons. The van der Waals surface area contributed by atoms with Crippen molar-refractivity contribution in [1.82, 2.24) is 0 Å². The highest BCUT2D eigenvalue weighted by Crippen LogP contribution is 2.44. The molecule has 33 heavy (non-hydrogen) atoms. The van der Waals surface area contributed by atoms with Crippen molar-refractivity contribution >= 4 is 12.0 Å². The number of allylic oxidation sites excluding steroid dienone is 2. The zero-order valence-electron chi connectivity index (χ0n) is 21.6. The molecular formula is C30H40O3. The highest BCUT2D eigenvalue weighted by molar-refractivity contribution is 5.83. The van der Waals surface area contributed by atoms with Crippen LogP contribution in [0.15, 0.2) is 54.1 Å². The molecule has 0 aromatic heterocycles. The molecule has 1 N–H and O–H groups in total. The van der Waals surface area contributed by atoms with E-state index in [1.165, 1.54) is 17.2 Å². The first-order chi connectivity index (χ1) is 15.3. The molecule has 0 bridgehead atoms. The Morgan fingerprint density at radius 1 is 1.00 bits per heavy atom. The Hall–Kier alpha value is -2.81. The van der Waals surface area contributed by atoms with Crippen molar-refractivity contribution in [2.75, 3.05) is 6.61 Å². The van der Waals surface area contributed by atoms with E-state index in [0.29, 0.717) is 12.2 Å². The molecule has 0 fully saturated rings. The molecule has 0 spiro atoms. The molecule has 0 saturated carbocycles. The Morgan fingerprint density at radius 2 is 1.67 bits per heavy atom. The minimum Gasteiger partial charge on any atom is -0.493 e. The van der Waals surface area contributed by atoms with Crippen molar-refractivity contribution in [2.45, 2.75) is 79.1 Å². The van der Waals surface area contributed by atoms with Crippen molar-refractivity contribution in [3.8, 4) is 16.9 Å². The lowest BCUT2D eigenvalue weighted by Crippen LogP contribution is -2.19. The molecule has 0 amide bonds. The summed E-state index contributed by atoms with van der Waals surface area (Å²) in [6.45, 7) is 18.1. The molecule has 0 saturated heterocycles. The molecule has 0 heterocycles. The van der Waals surface area contributed by atoms with Gasteiger partial charge in [0.2, 0.25) is 0 Å². The van der Waals surface area contributed by atoms with E-state index in [9.17, 15) is 4.79 Å². The zero-order valence-corrected chi connectivity index (χ0v) is 21.6. The van der Waals surface area contributed by atoms with E-state index >= 15 is 0 Å². The SMILES string of the molecule is CCCCOc1c(-c2ccccc2/C=C/C(C)=C/C(=O)O)cc(C(C)(C)C)cc1C(C)(C)C. The zero-order chi connectivity index (χ0) is 24.8. The molecule has 178 valence electrons. The van der Waals surface area contributed by atoms with Crippen LogP contribution in [0.1, 0.15) is 84.9 Å². The topological polar surface area (TPSA) is 46.5 Å². The van der Waals surface area contributed by atoms with Crippen molar-refractivity contribution < 1.29 is 14.6 Å². The van der Waals surface area contributed by atoms with Gasteiger partial charge < -0.3 is 9.84 Å². The first-order valence-electron chi connectivity index (χ1n) is 11.8. The fourth-order valence-corrected chi connectivity index (χ4v) is 3.64. The lowest BCUT2D eigenvalue weighted by molar-refractivity contribution is -0.131. The molecule has 0 atom stereocenters. The van der Waals surface area contributed by atoms with Crippen LogP contribution in [-0.4, -0.2) is 17.7 Å². The lowest BCUT2D eigenvalue weighted by atomic mass is 9.77. The number of rotatable bonds is 8. The van der Waals surface area contributed by atoms with Gasteiger partial charge in [0.25, 0.3) is 0 Å². The number of ether oxygens (including phenoxy) is 1. The van der Waals surface area contributed by atoms with Crippen LogP contribution in [0.5, 0.6) is 5.75 Å². The first-order valence-corrected chi connectivity index (χ1v) is 11.8. The monoisotopic (exact) mass is 448 g/mol. The van der Waals surface area contributed by atoms with Gasteiger partial charge in [-0.25, -0.2) is 4.79 Å². The summed E-state index contributed by atoms with van der Waals surface area (Å²) < 4.78 is 6.48. The summed E-state index contributed by atoms with van der Waals surface area (Å²) in [6.07, 6.45) is 7.14. The van der Waals surface area contributed by atoms with Gasteiger partial charge in [0, 0.05) is 17.2 Å². The Labute approximate surface area is 200 Å². The molecule has 2 aromatic rings. The van der Waals surface area contributed by atoms with E-state index < -0.39 is 5.97 Å². The number of aliphatic carboxylic acids is 1. The van der Waals surface area contributed by atoms with Crippen LogP contribution in [-0.2, 0) is 15.6 Å². The first kappa shape index (κ1) is 26.4. The number of hydrogen-bond acceptors (Lipinski definition) is 2. The molecule has 0 unspecified atom stereocenters. The standard InChI is InChI=1S/C30H40O3/c1-9-10-17-33-28-25(19-23(29(3,4)5)20-26(28)30(6,7)8)24-14-12-11-13-22(24)16-15-21(2)18-27(31)32/h11-16,18-20H,9-10,17H2,1-8H3,(H,31,32)/b16-15+,21-18+. The van der Waals surface area contributed by atoms with Gasteiger partial charge in [-0.3, -0.25) is 0 Å². The number of benzene rings is 2. The summed E-state index contributed by atoms with van der Waals surface area (Å²) in [7, 11) is 0. The molecule has 2 aromatic carbocycles. The van der Waals surface area contributed by atoms with Gasteiger partial charge in [-0.05, 0) is 52.5 Å². The minimum absolute atomic E-state index is 0.0116. The van der Waals surface area contributed by atoms with E-state index in [1.54, 1.807) is 6.92 Å². The van der Waals surface area contributed by atoms with Crippen molar-refractivity contribution in [3.63, 3.8) is 0 Å². The molecule has 0 aliphatic heterocycles. The molecule has 3 heteroatoms. The molecule has 0 aliphatic rings. The summed E-state index contributed by atoms with van der Waals surface area (Å²) in [5.41, 5.74) is 6.28. The third-order valence-corrected chi connectivity index (χ3v) is 5.64. The summed E-state index contributed by atoms with van der Waals surface area (Å²) in [6, 6.07) is 12.8. The van der Waals surface area contributed by atoms with Crippen LogP contribution in [0.4, 0.5) is 0 Å². The molecule has 2 rings (SSSR count). The van der Waals surface area contributed by atoms with Gasteiger partial charge in [-0.1, -0.05) is 97.4 Å². The number of carboxylic acid groups (broad SMARTS) is 1. The van der Waals surface area contributed by atoms with Gasteiger partial charge >= 0.3 is 5.97 Å². The predicted molar refractivity (Wildman–Crippen MR) is 140 cm³/mol. The van der Waals surface area contributed by atoms with Crippen molar-refractivity contribution in [3.05, 3.63) is 70.8 Å². The predicted octanol–water partition coefficient (Wildman–Crippen LogP) is 8.17. The van der Waals surface area contributed by atoms with E-state index in [2.05, 4.69) is 72.7 Å². The summed E-state index contributed by atoms with van der Waals surface area (Å²) >= 11 is 0. The van der Waals surface area contributed by atoms with Gasteiger partial charge in [-0.2, -0.15) is 0 Å². The Balaban J connectivity index is 2.79. The van der Waals surface area contributed by atoms with E-state index in [4.69, 9.17) is 9.84 Å². The van der Waals surface area contributed by atoms with Gasteiger partial charge in [-0.15, -0.1) is 0 Å². The second-order valence-corrected chi connectivity index (χ2v) is 10.7. The number of hydrogen-bond donors (Lipinski definition) is 1. The Morgan fingerprint density at radius 3 is 2.24 bits per heavy atom. The van der Waals surface area contributed by atoms with Crippen LogP contribution in [0.3, 0.4) is 0 Å². The van der Waals surface area contributed by atoms with Crippen LogP contribution in [0, 0.1) is 0 Å². The van der Waals surface area contributed by atoms with Crippen LogP contribution < -0.4 is 4.74 Å². The number of carboxylic acids is 1. The second-order valence-electron chi connectivity index (χ2n) is 10.7. The summed E-state index contributed by atoms with van der Waals surface area (Å²) in [4.78, 5) is 11.0. The van der Waals surface area contributed by atoms with E-state index in [0.717, 1.165) is 35.3 Å². The van der Waals surface area contributed by atoms with Crippen molar-refractivity contribution in [1.29, 1.82) is 0 Å².